The SMILES string of the molecule is O=C(O)CCCCNc1ccc(Br)c(C(F)(F)F)c1. The zero-order valence-electron chi connectivity index (χ0n) is 9.93. The van der Waals surface area contributed by atoms with E-state index in [1.54, 1.807) is 0 Å². The summed E-state index contributed by atoms with van der Waals surface area (Å²) in [6.45, 7) is 0.437. The highest BCUT2D eigenvalue weighted by atomic mass is 79.9. The molecule has 3 nitrogen and oxygen atoms in total. The topological polar surface area (TPSA) is 49.3 Å². The van der Waals surface area contributed by atoms with Crippen molar-refractivity contribution < 1.29 is 23.1 Å². The fourth-order valence-electron chi connectivity index (χ4n) is 1.49. The first-order valence-corrected chi connectivity index (χ1v) is 6.42. The van der Waals surface area contributed by atoms with E-state index in [9.17, 15) is 18.0 Å². The Bertz CT molecular complexity index is 449. The van der Waals surface area contributed by atoms with E-state index in [1.165, 1.54) is 12.1 Å². The highest BCUT2D eigenvalue weighted by molar-refractivity contribution is 9.10. The van der Waals surface area contributed by atoms with Crippen LogP contribution in [0.2, 0.25) is 0 Å². The van der Waals surface area contributed by atoms with E-state index in [2.05, 4.69) is 21.2 Å². The first kappa shape index (κ1) is 15.8. The summed E-state index contributed by atoms with van der Waals surface area (Å²) in [6, 6.07) is 3.90. The number of carboxylic acids is 1. The molecule has 0 bridgehead atoms. The number of benzene rings is 1. The minimum Gasteiger partial charge on any atom is -0.481 e. The van der Waals surface area contributed by atoms with Gasteiger partial charge in [0.05, 0.1) is 5.56 Å². The Balaban J connectivity index is 2.53. The number of alkyl halides is 3. The van der Waals surface area contributed by atoms with Gasteiger partial charge in [0, 0.05) is 23.1 Å². The maximum atomic E-state index is 12.6. The molecular formula is C12H13BrF3NO2. The number of hydrogen-bond acceptors (Lipinski definition) is 2. The number of rotatable bonds is 6. The molecule has 0 spiro atoms. The molecule has 0 atom stereocenters. The number of carboxylic acid groups (broad SMARTS) is 1. The van der Waals surface area contributed by atoms with E-state index in [1.807, 2.05) is 0 Å². The molecule has 1 aromatic carbocycles. The highest BCUT2D eigenvalue weighted by Crippen LogP contribution is 2.36. The summed E-state index contributed by atoms with van der Waals surface area (Å²) in [7, 11) is 0. The van der Waals surface area contributed by atoms with Gasteiger partial charge in [0.25, 0.3) is 0 Å². The second kappa shape index (κ2) is 6.79. The molecule has 0 aliphatic rings. The number of carbonyl (C=O) groups is 1. The van der Waals surface area contributed by atoms with Crippen molar-refractivity contribution in [3.63, 3.8) is 0 Å². The predicted octanol–water partition coefficient (Wildman–Crippen LogP) is 4.13. The van der Waals surface area contributed by atoms with Gasteiger partial charge in [0.1, 0.15) is 0 Å². The monoisotopic (exact) mass is 339 g/mol. The van der Waals surface area contributed by atoms with Gasteiger partial charge >= 0.3 is 12.1 Å². The lowest BCUT2D eigenvalue weighted by Crippen LogP contribution is -2.08. The molecule has 0 saturated carbocycles. The van der Waals surface area contributed by atoms with Crippen molar-refractivity contribution in [2.24, 2.45) is 0 Å². The van der Waals surface area contributed by atoms with Crippen LogP contribution in [0.5, 0.6) is 0 Å². The predicted molar refractivity (Wildman–Crippen MR) is 69.1 cm³/mol. The molecule has 19 heavy (non-hydrogen) atoms. The summed E-state index contributed by atoms with van der Waals surface area (Å²) in [5.74, 6) is -0.872. The van der Waals surface area contributed by atoms with Gasteiger partial charge in [-0.2, -0.15) is 13.2 Å². The molecule has 0 fully saturated rings. The lowest BCUT2D eigenvalue weighted by molar-refractivity contribution is -0.138. The first-order valence-electron chi connectivity index (χ1n) is 5.63. The summed E-state index contributed by atoms with van der Waals surface area (Å²) < 4.78 is 37.9. The smallest absolute Gasteiger partial charge is 0.417 e. The van der Waals surface area contributed by atoms with Gasteiger partial charge < -0.3 is 10.4 Å². The number of anilines is 1. The molecule has 1 rings (SSSR count). The molecule has 7 heteroatoms. The average Bonchev–Trinajstić information content (AvgIpc) is 2.28. The van der Waals surface area contributed by atoms with Crippen LogP contribution in [0.3, 0.4) is 0 Å². The van der Waals surface area contributed by atoms with Gasteiger partial charge in [-0.1, -0.05) is 15.9 Å². The van der Waals surface area contributed by atoms with Crippen LogP contribution in [0.4, 0.5) is 18.9 Å². The fraction of sp³-hybridized carbons (Fsp3) is 0.417. The summed E-state index contributed by atoms with van der Waals surface area (Å²) >= 11 is 2.86. The van der Waals surface area contributed by atoms with Gasteiger partial charge in [-0.3, -0.25) is 4.79 Å². The highest BCUT2D eigenvalue weighted by Gasteiger charge is 2.33. The quantitative estimate of drug-likeness (QED) is 0.766. The fourth-order valence-corrected chi connectivity index (χ4v) is 1.96. The van der Waals surface area contributed by atoms with Crippen LogP contribution in [0.1, 0.15) is 24.8 Å². The van der Waals surface area contributed by atoms with E-state index in [-0.39, 0.29) is 10.9 Å². The molecule has 0 unspecified atom stereocenters. The lowest BCUT2D eigenvalue weighted by atomic mass is 10.2. The normalized spacial score (nSPS) is 11.4. The Kier molecular flexibility index (Phi) is 5.65. The summed E-state index contributed by atoms with van der Waals surface area (Å²) in [6.07, 6.45) is -3.26. The van der Waals surface area contributed by atoms with Crippen molar-refractivity contribution in [1.29, 1.82) is 0 Å². The van der Waals surface area contributed by atoms with Crippen LogP contribution in [-0.2, 0) is 11.0 Å². The van der Waals surface area contributed by atoms with Crippen molar-refractivity contribution in [2.75, 3.05) is 11.9 Å². The minimum atomic E-state index is -4.40. The molecule has 0 saturated heterocycles. The Labute approximate surface area is 116 Å². The van der Waals surface area contributed by atoms with Gasteiger partial charge in [-0.25, -0.2) is 0 Å². The van der Waals surface area contributed by atoms with E-state index in [4.69, 9.17) is 5.11 Å². The molecule has 0 aromatic heterocycles. The molecule has 0 heterocycles. The van der Waals surface area contributed by atoms with E-state index in [0.717, 1.165) is 6.07 Å². The maximum Gasteiger partial charge on any atom is 0.417 e. The number of hydrogen-bond donors (Lipinski definition) is 2. The third-order valence-electron chi connectivity index (χ3n) is 2.42. The standard InChI is InChI=1S/C12H13BrF3NO2/c13-10-5-4-8(7-9(10)12(14,15)16)17-6-2-1-3-11(18)19/h4-5,7,17H,1-3,6H2,(H,18,19). The number of unbranched alkanes of at least 4 members (excludes halogenated alkanes) is 1. The molecule has 2 N–H and O–H groups in total. The Morgan fingerprint density at radius 3 is 2.58 bits per heavy atom. The molecule has 0 aliphatic heterocycles. The average molecular weight is 340 g/mol. The van der Waals surface area contributed by atoms with Crippen LogP contribution >= 0.6 is 15.9 Å². The van der Waals surface area contributed by atoms with Crippen molar-refractivity contribution in [3.8, 4) is 0 Å². The number of aliphatic carboxylic acids is 1. The molecule has 0 aliphatic carbocycles. The summed E-state index contributed by atoms with van der Waals surface area (Å²) in [5.41, 5.74) is -0.367. The maximum absolute atomic E-state index is 12.6. The van der Waals surface area contributed by atoms with Crippen LogP contribution in [-0.4, -0.2) is 17.6 Å². The zero-order valence-corrected chi connectivity index (χ0v) is 11.5. The zero-order chi connectivity index (χ0) is 14.5. The van der Waals surface area contributed by atoms with E-state index < -0.39 is 17.7 Å². The van der Waals surface area contributed by atoms with Gasteiger partial charge in [0.15, 0.2) is 0 Å². The minimum absolute atomic E-state index is 0.00331. The molecule has 0 radical (unpaired) electrons. The van der Waals surface area contributed by atoms with Crippen molar-refractivity contribution >= 4 is 27.6 Å². The van der Waals surface area contributed by atoms with E-state index in [0.29, 0.717) is 25.1 Å². The van der Waals surface area contributed by atoms with Crippen molar-refractivity contribution in [3.05, 3.63) is 28.2 Å². The van der Waals surface area contributed by atoms with Gasteiger partial charge in [0.2, 0.25) is 0 Å². The molecule has 106 valence electrons. The third kappa shape index (κ3) is 5.50. The van der Waals surface area contributed by atoms with Crippen molar-refractivity contribution in [2.45, 2.75) is 25.4 Å². The second-order valence-electron chi connectivity index (χ2n) is 3.97. The Morgan fingerprint density at radius 2 is 2.00 bits per heavy atom. The second-order valence-corrected chi connectivity index (χ2v) is 4.82. The largest absolute Gasteiger partial charge is 0.481 e. The molecule has 1 aromatic rings. The Morgan fingerprint density at radius 1 is 1.32 bits per heavy atom. The van der Waals surface area contributed by atoms with Crippen LogP contribution in [0.25, 0.3) is 0 Å². The molecular weight excluding hydrogens is 327 g/mol. The van der Waals surface area contributed by atoms with Gasteiger partial charge in [-0.15, -0.1) is 0 Å². The summed E-state index contributed by atoms with van der Waals surface area (Å²) in [4.78, 5) is 10.3. The van der Waals surface area contributed by atoms with Crippen LogP contribution in [0, 0.1) is 0 Å². The van der Waals surface area contributed by atoms with E-state index >= 15 is 0 Å². The lowest BCUT2D eigenvalue weighted by Gasteiger charge is -2.12. The first-order chi connectivity index (χ1) is 8.80. The summed E-state index contributed by atoms with van der Waals surface area (Å²) in [5, 5.41) is 11.3. The van der Waals surface area contributed by atoms with Crippen LogP contribution in [0.15, 0.2) is 22.7 Å². The number of halogens is 4. The number of nitrogens with one attached hydrogen (secondary N) is 1. The van der Waals surface area contributed by atoms with Gasteiger partial charge in [-0.05, 0) is 31.0 Å². The van der Waals surface area contributed by atoms with Crippen LogP contribution < -0.4 is 5.32 Å². The molecule has 0 amide bonds. The van der Waals surface area contributed by atoms with Crippen molar-refractivity contribution in [1.82, 2.24) is 0 Å². The third-order valence-corrected chi connectivity index (χ3v) is 3.11. The Hall–Kier alpha value is -1.24.